The molecule has 0 aliphatic rings. The molecule has 3 nitrogen and oxygen atoms in total. The number of hydrogen-bond donors (Lipinski definition) is 2. The van der Waals surface area contributed by atoms with Crippen molar-refractivity contribution in [2.45, 2.75) is 25.7 Å². The van der Waals surface area contributed by atoms with E-state index in [2.05, 4.69) is 10.1 Å². The van der Waals surface area contributed by atoms with Gasteiger partial charge in [0.25, 0.3) is 0 Å². The molecule has 0 amide bonds. The van der Waals surface area contributed by atoms with Crippen LogP contribution in [0.15, 0.2) is 24.3 Å². The van der Waals surface area contributed by atoms with Gasteiger partial charge >= 0.3 is 6.36 Å². The Labute approximate surface area is 104 Å². The molecule has 102 valence electrons. The second-order valence-electron chi connectivity index (χ2n) is 3.86. The smallest absolute Gasteiger partial charge is 0.406 e. The first-order valence-electron chi connectivity index (χ1n) is 5.75. The van der Waals surface area contributed by atoms with Gasteiger partial charge in [-0.15, -0.1) is 13.2 Å². The highest BCUT2D eigenvalue weighted by atomic mass is 19.4. The van der Waals surface area contributed by atoms with Crippen molar-refractivity contribution in [3.05, 3.63) is 29.8 Å². The van der Waals surface area contributed by atoms with Gasteiger partial charge in [0.15, 0.2) is 0 Å². The van der Waals surface area contributed by atoms with Crippen LogP contribution in [-0.4, -0.2) is 19.5 Å². The summed E-state index contributed by atoms with van der Waals surface area (Å²) in [6, 6.07) is 5.70. The van der Waals surface area contributed by atoms with Crippen LogP contribution in [0.5, 0.6) is 5.75 Å². The van der Waals surface area contributed by atoms with Gasteiger partial charge in [0.1, 0.15) is 5.75 Å². The molecule has 3 N–H and O–H groups in total. The van der Waals surface area contributed by atoms with Gasteiger partial charge in [-0.1, -0.05) is 19.1 Å². The zero-order valence-electron chi connectivity index (χ0n) is 10.1. The van der Waals surface area contributed by atoms with Crippen LogP contribution in [0, 0.1) is 0 Å². The molecule has 1 aromatic rings. The number of benzene rings is 1. The molecule has 0 saturated heterocycles. The van der Waals surface area contributed by atoms with E-state index in [-0.39, 0.29) is 11.8 Å². The summed E-state index contributed by atoms with van der Waals surface area (Å²) >= 11 is 0. The summed E-state index contributed by atoms with van der Waals surface area (Å²) in [5, 5.41) is 3.22. The van der Waals surface area contributed by atoms with Crippen LogP contribution in [0.2, 0.25) is 0 Å². The molecule has 0 bridgehead atoms. The van der Waals surface area contributed by atoms with Gasteiger partial charge < -0.3 is 15.8 Å². The van der Waals surface area contributed by atoms with Gasteiger partial charge in [-0.05, 0) is 30.7 Å². The lowest BCUT2D eigenvalue weighted by atomic mass is 10.1. The maximum Gasteiger partial charge on any atom is 0.573 e. The summed E-state index contributed by atoms with van der Waals surface area (Å²) in [7, 11) is 0. The second kappa shape index (κ2) is 6.61. The Kier molecular flexibility index (Phi) is 5.43. The molecule has 0 aromatic heterocycles. The van der Waals surface area contributed by atoms with E-state index in [4.69, 9.17) is 5.73 Å². The van der Waals surface area contributed by atoms with E-state index in [1.165, 1.54) is 12.1 Å². The minimum atomic E-state index is -4.66. The topological polar surface area (TPSA) is 47.3 Å². The van der Waals surface area contributed by atoms with E-state index in [0.717, 1.165) is 18.5 Å². The lowest BCUT2D eigenvalue weighted by Crippen LogP contribution is -2.28. The van der Waals surface area contributed by atoms with E-state index in [0.29, 0.717) is 6.54 Å². The fraction of sp³-hybridized carbons (Fsp3) is 0.500. The lowest BCUT2D eigenvalue weighted by molar-refractivity contribution is -0.274. The Morgan fingerprint density at radius 3 is 2.33 bits per heavy atom. The van der Waals surface area contributed by atoms with E-state index in [9.17, 15) is 13.2 Å². The molecule has 0 heterocycles. The predicted molar refractivity (Wildman–Crippen MR) is 63.2 cm³/mol. The highest BCUT2D eigenvalue weighted by Crippen LogP contribution is 2.24. The van der Waals surface area contributed by atoms with Crippen LogP contribution in [0.4, 0.5) is 13.2 Å². The van der Waals surface area contributed by atoms with Gasteiger partial charge in [-0.25, -0.2) is 0 Å². The maximum atomic E-state index is 12.0. The molecule has 1 atom stereocenters. The monoisotopic (exact) mass is 262 g/mol. The minimum absolute atomic E-state index is 0.0510. The highest BCUT2D eigenvalue weighted by Gasteiger charge is 2.31. The third-order valence-electron chi connectivity index (χ3n) is 2.39. The first-order valence-corrected chi connectivity index (χ1v) is 5.75. The number of nitrogens with two attached hydrogens (primary N) is 1. The summed E-state index contributed by atoms with van der Waals surface area (Å²) in [4.78, 5) is 0. The first kappa shape index (κ1) is 14.8. The predicted octanol–water partition coefficient (Wildman–Crippen LogP) is 2.58. The second-order valence-corrected chi connectivity index (χ2v) is 3.86. The third kappa shape index (κ3) is 4.93. The van der Waals surface area contributed by atoms with E-state index >= 15 is 0 Å². The number of nitrogens with one attached hydrogen (secondary N) is 1. The number of ether oxygens (including phenoxy) is 1. The summed E-state index contributed by atoms with van der Waals surface area (Å²) in [6.45, 7) is 3.23. The zero-order chi connectivity index (χ0) is 13.6. The number of alkyl halides is 3. The molecule has 18 heavy (non-hydrogen) atoms. The van der Waals surface area contributed by atoms with Gasteiger partial charge in [0.2, 0.25) is 0 Å². The average Bonchev–Trinajstić information content (AvgIpc) is 2.30. The van der Waals surface area contributed by atoms with Crippen molar-refractivity contribution in [1.29, 1.82) is 0 Å². The molecule has 1 rings (SSSR count). The normalized spacial score (nSPS) is 13.4. The van der Waals surface area contributed by atoms with Crippen molar-refractivity contribution >= 4 is 0 Å². The molecule has 0 radical (unpaired) electrons. The Balaban J connectivity index is 2.68. The highest BCUT2D eigenvalue weighted by molar-refractivity contribution is 5.29. The summed E-state index contributed by atoms with van der Waals surface area (Å²) in [6.07, 6.45) is -3.69. The Hall–Kier alpha value is -1.27. The van der Waals surface area contributed by atoms with E-state index in [1.54, 1.807) is 12.1 Å². The van der Waals surface area contributed by atoms with Crippen molar-refractivity contribution in [3.63, 3.8) is 0 Å². The lowest BCUT2D eigenvalue weighted by Gasteiger charge is -2.17. The molecule has 6 heteroatoms. The first-order chi connectivity index (χ1) is 8.46. The fourth-order valence-corrected chi connectivity index (χ4v) is 1.56. The van der Waals surface area contributed by atoms with Crippen molar-refractivity contribution in [2.75, 3.05) is 13.1 Å². The Morgan fingerprint density at radius 2 is 1.89 bits per heavy atom. The van der Waals surface area contributed by atoms with Crippen LogP contribution in [-0.2, 0) is 0 Å². The van der Waals surface area contributed by atoms with Crippen LogP contribution >= 0.6 is 0 Å². The number of halogens is 3. The molecule has 0 fully saturated rings. The summed E-state index contributed by atoms with van der Waals surface area (Å²) in [5.41, 5.74) is 6.46. The van der Waals surface area contributed by atoms with Gasteiger partial charge in [-0.2, -0.15) is 0 Å². The van der Waals surface area contributed by atoms with Crippen LogP contribution in [0.1, 0.15) is 24.9 Å². The van der Waals surface area contributed by atoms with Crippen molar-refractivity contribution in [2.24, 2.45) is 5.73 Å². The molecular formula is C12H17F3N2O. The fourth-order valence-electron chi connectivity index (χ4n) is 1.56. The molecule has 0 aliphatic heterocycles. The molecule has 0 saturated carbocycles. The Bertz CT molecular complexity index is 351. The quantitative estimate of drug-likeness (QED) is 0.828. The molecular weight excluding hydrogens is 245 g/mol. The van der Waals surface area contributed by atoms with Gasteiger partial charge in [0, 0.05) is 12.6 Å². The van der Waals surface area contributed by atoms with Crippen molar-refractivity contribution in [1.82, 2.24) is 5.32 Å². The van der Waals surface area contributed by atoms with Crippen LogP contribution in [0.3, 0.4) is 0 Å². The van der Waals surface area contributed by atoms with Crippen LogP contribution < -0.4 is 15.8 Å². The molecule has 0 spiro atoms. The molecule has 1 unspecified atom stereocenters. The number of rotatable bonds is 6. The van der Waals surface area contributed by atoms with E-state index < -0.39 is 6.36 Å². The van der Waals surface area contributed by atoms with Gasteiger partial charge in [-0.3, -0.25) is 0 Å². The summed E-state index contributed by atoms with van der Waals surface area (Å²) < 4.78 is 39.7. The standard InChI is InChI=1S/C12H17F3N2O/c1-2-7-17-11(8-16)9-3-5-10(6-4-9)18-12(13,14)15/h3-6,11,17H,2,7-8,16H2,1H3. The molecule has 1 aromatic carbocycles. The minimum Gasteiger partial charge on any atom is -0.406 e. The summed E-state index contributed by atoms with van der Waals surface area (Å²) in [5.74, 6) is -0.225. The van der Waals surface area contributed by atoms with Gasteiger partial charge in [0.05, 0.1) is 0 Å². The average molecular weight is 262 g/mol. The zero-order valence-corrected chi connectivity index (χ0v) is 10.1. The third-order valence-corrected chi connectivity index (χ3v) is 2.39. The maximum absolute atomic E-state index is 12.0. The largest absolute Gasteiger partial charge is 0.573 e. The van der Waals surface area contributed by atoms with Crippen LogP contribution in [0.25, 0.3) is 0 Å². The Morgan fingerprint density at radius 1 is 1.28 bits per heavy atom. The SMILES string of the molecule is CCCNC(CN)c1ccc(OC(F)(F)F)cc1. The van der Waals surface area contributed by atoms with Crippen molar-refractivity contribution in [3.8, 4) is 5.75 Å². The number of hydrogen-bond acceptors (Lipinski definition) is 3. The van der Waals surface area contributed by atoms with E-state index in [1.807, 2.05) is 6.92 Å². The molecule has 0 aliphatic carbocycles. The van der Waals surface area contributed by atoms with Crippen molar-refractivity contribution < 1.29 is 17.9 Å².